The maximum absolute atomic E-state index is 12.9. The molecular formula is C26H35N3O5S. The highest BCUT2D eigenvalue weighted by atomic mass is 32.2. The number of rotatable bonds is 9. The van der Waals surface area contributed by atoms with Crippen LogP contribution in [0.2, 0.25) is 0 Å². The minimum atomic E-state index is -0.709. The molecule has 4 aliphatic rings. The second-order valence-electron chi connectivity index (χ2n) is 10.8. The van der Waals surface area contributed by atoms with Crippen molar-refractivity contribution in [3.63, 3.8) is 0 Å². The van der Waals surface area contributed by atoms with E-state index in [0.29, 0.717) is 11.4 Å². The van der Waals surface area contributed by atoms with Gasteiger partial charge in [-0.3, -0.25) is 14.9 Å². The molecule has 4 fully saturated rings. The molecule has 0 spiro atoms. The number of hydrogen-bond donors (Lipinski definition) is 3. The van der Waals surface area contributed by atoms with Crippen molar-refractivity contribution in [3.8, 4) is 0 Å². The standard InChI is InChI=1S/C26H35N3O5S/c1-16(2)13-27-25(33)28-22(30)14-34-24(32)20-5-3-4-6-21(20)35-15-23(31)29-26-10-17-7-18(11-26)9-19(8-17)12-26/h3-6,16-19H,7-15H2,1-2H3,(H,29,31)(H2,27,28,30,33). The zero-order valence-corrected chi connectivity index (χ0v) is 21.2. The number of hydrogen-bond acceptors (Lipinski definition) is 6. The fraction of sp³-hybridized carbons (Fsp3) is 0.615. The summed E-state index contributed by atoms with van der Waals surface area (Å²) in [6.45, 7) is 3.73. The first-order chi connectivity index (χ1) is 16.7. The predicted molar refractivity (Wildman–Crippen MR) is 133 cm³/mol. The number of benzene rings is 1. The minimum Gasteiger partial charge on any atom is -0.452 e. The summed E-state index contributed by atoms with van der Waals surface area (Å²) >= 11 is 1.29. The normalized spacial score (nSPS) is 26.3. The number of carbonyl (C=O) groups is 4. The molecule has 4 amide bonds. The van der Waals surface area contributed by atoms with E-state index in [1.54, 1.807) is 24.3 Å². The van der Waals surface area contributed by atoms with Crippen molar-refractivity contribution in [2.75, 3.05) is 18.9 Å². The molecule has 1 aromatic rings. The maximum Gasteiger partial charge on any atom is 0.339 e. The van der Waals surface area contributed by atoms with E-state index in [1.165, 1.54) is 31.0 Å². The van der Waals surface area contributed by atoms with Gasteiger partial charge < -0.3 is 15.4 Å². The lowest BCUT2D eigenvalue weighted by Gasteiger charge is -2.56. The molecule has 4 aliphatic carbocycles. The van der Waals surface area contributed by atoms with Gasteiger partial charge in [0, 0.05) is 17.0 Å². The number of ether oxygens (including phenoxy) is 1. The Hall–Kier alpha value is -2.55. The van der Waals surface area contributed by atoms with Gasteiger partial charge in [0.25, 0.3) is 5.91 Å². The molecule has 190 valence electrons. The summed E-state index contributed by atoms with van der Waals surface area (Å²) in [5.41, 5.74) is 0.247. The van der Waals surface area contributed by atoms with Crippen LogP contribution < -0.4 is 16.0 Å². The molecule has 0 radical (unpaired) electrons. The monoisotopic (exact) mass is 501 g/mol. The van der Waals surface area contributed by atoms with Gasteiger partial charge in [0.2, 0.25) is 5.91 Å². The van der Waals surface area contributed by atoms with E-state index in [2.05, 4.69) is 16.0 Å². The van der Waals surface area contributed by atoms with Crippen molar-refractivity contribution < 1.29 is 23.9 Å². The van der Waals surface area contributed by atoms with Gasteiger partial charge in [-0.05, 0) is 74.3 Å². The van der Waals surface area contributed by atoms with Crippen molar-refractivity contribution in [2.45, 2.75) is 62.8 Å². The fourth-order valence-electron chi connectivity index (χ4n) is 6.21. The fourth-order valence-corrected chi connectivity index (χ4v) is 7.05. The molecule has 0 atom stereocenters. The average Bonchev–Trinajstić information content (AvgIpc) is 2.79. The van der Waals surface area contributed by atoms with Gasteiger partial charge in [-0.25, -0.2) is 9.59 Å². The highest BCUT2D eigenvalue weighted by Crippen LogP contribution is 2.55. The quantitative estimate of drug-likeness (QED) is 0.353. The molecule has 0 unspecified atom stereocenters. The zero-order valence-electron chi connectivity index (χ0n) is 20.4. The molecule has 9 heteroatoms. The van der Waals surface area contributed by atoms with Gasteiger partial charge >= 0.3 is 12.0 Å². The lowest BCUT2D eigenvalue weighted by atomic mass is 9.53. The third-order valence-electron chi connectivity index (χ3n) is 7.17. The largest absolute Gasteiger partial charge is 0.452 e. The van der Waals surface area contributed by atoms with Crippen LogP contribution in [-0.2, 0) is 14.3 Å². The first-order valence-electron chi connectivity index (χ1n) is 12.5. The molecular weight excluding hydrogens is 466 g/mol. The van der Waals surface area contributed by atoms with Crippen LogP contribution in [0.25, 0.3) is 0 Å². The van der Waals surface area contributed by atoms with Crippen LogP contribution in [0.5, 0.6) is 0 Å². The number of amides is 4. The average molecular weight is 502 g/mol. The lowest BCUT2D eigenvalue weighted by Crippen LogP contribution is -2.60. The third kappa shape index (κ3) is 6.78. The van der Waals surface area contributed by atoms with E-state index in [4.69, 9.17) is 4.74 Å². The highest BCUT2D eigenvalue weighted by Gasteiger charge is 2.51. The third-order valence-corrected chi connectivity index (χ3v) is 8.24. The number of esters is 1. The van der Waals surface area contributed by atoms with Gasteiger partial charge in [-0.15, -0.1) is 11.8 Å². The maximum atomic E-state index is 12.9. The number of thioether (sulfide) groups is 1. The Morgan fingerprint density at radius 2 is 1.63 bits per heavy atom. The second kappa shape index (κ2) is 11.0. The van der Waals surface area contributed by atoms with Gasteiger partial charge in [-0.2, -0.15) is 0 Å². The van der Waals surface area contributed by atoms with Crippen LogP contribution >= 0.6 is 11.8 Å². The summed E-state index contributed by atoms with van der Waals surface area (Å²) in [7, 11) is 0. The number of nitrogens with one attached hydrogen (secondary N) is 3. The number of carbonyl (C=O) groups excluding carboxylic acids is 4. The predicted octanol–water partition coefficient (Wildman–Crippen LogP) is 3.50. The number of imide groups is 1. The molecule has 3 N–H and O–H groups in total. The van der Waals surface area contributed by atoms with E-state index in [1.807, 2.05) is 13.8 Å². The second-order valence-corrected chi connectivity index (χ2v) is 11.8. The Morgan fingerprint density at radius 3 is 2.26 bits per heavy atom. The molecule has 1 aromatic carbocycles. The Morgan fingerprint density at radius 1 is 1.00 bits per heavy atom. The van der Waals surface area contributed by atoms with Crippen molar-refractivity contribution >= 4 is 35.6 Å². The molecule has 5 rings (SSSR count). The van der Waals surface area contributed by atoms with Gasteiger partial charge in [0.1, 0.15) is 0 Å². The van der Waals surface area contributed by atoms with Gasteiger partial charge in [-0.1, -0.05) is 26.0 Å². The van der Waals surface area contributed by atoms with Crippen molar-refractivity contribution in [3.05, 3.63) is 29.8 Å². The van der Waals surface area contributed by atoms with Crippen LogP contribution in [0.3, 0.4) is 0 Å². The Kier molecular flexibility index (Phi) is 8.04. The first kappa shape index (κ1) is 25.5. The zero-order chi connectivity index (χ0) is 25.0. The summed E-state index contributed by atoms with van der Waals surface area (Å²) in [6, 6.07) is 6.24. The minimum absolute atomic E-state index is 0.00749. The molecule has 4 bridgehead atoms. The van der Waals surface area contributed by atoms with Gasteiger partial charge in [0.15, 0.2) is 6.61 Å². The molecule has 0 aromatic heterocycles. The van der Waals surface area contributed by atoms with Crippen LogP contribution in [0.1, 0.15) is 62.7 Å². The molecule has 0 heterocycles. The lowest BCUT2D eigenvalue weighted by molar-refractivity contribution is -0.124. The Bertz CT molecular complexity index is 944. The topological polar surface area (TPSA) is 114 Å². The van der Waals surface area contributed by atoms with Crippen LogP contribution in [0, 0.1) is 23.7 Å². The number of urea groups is 1. The molecule has 8 nitrogen and oxygen atoms in total. The summed E-state index contributed by atoms with van der Waals surface area (Å²) in [4.78, 5) is 49.7. The van der Waals surface area contributed by atoms with Crippen LogP contribution in [-0.4, -0.2) is 48.3 Å². The van der Waals surface area contributed by atoms with E-state index in [-0.39, 0.29) is 28.7 Å². The van der Waals surface area contributed by atoms with E-state index >= 15 is 0 Å². The summed E-state index contributed by atoms with van der Waals surface area (Å²) in [6.07, 6.45) is 7.24. The summed E-state index contributed by atoms with van der Waals surface area (Å²) in [5, 5.41) is 8.05. The first-order valence-corrected chi connectivity index (χ1v) is 13.5. The molecule has 0 saturated heterocycles. The van der Waals surface area contributed by atoms with Crippen molar-refractivity contribution in [1.29, 1.82) is 0 Å². The van der Waals surface area contributed by atoms with Crippen molar-refractivity contribution in [2.24, 2.45) is 23.7 Å². The van der Waals surface area contributed by atoms with Crippen LogP contribution in [0.4, 0.5) is 4.79 Å². The molecule has 4 saturated carbocycles. The van der Waals surface area contributed by atoms with E-state index in [9.17, 15) is 19.2 Å². The SMILES string of the molecule is CC(C)CNC(=O)NC(=O)COC(=O)c1ccccc1SCC(=O)NC12CC3CC(CC(C3)C1)C2. The smallest absolute Gasteiger partial charge is 0.339 e. The van der Waals surface area contributed by atoms with Crippen LogP contribution in [0.15, 0.2) is 29.2 Å². The Balaban J connectivity index is 1.25. The summed E-state index contributed by atoms with van der Waals surface area (Å²) in [5.74, 6) is 1.33. The molecule has 35 heavy (non-hydrogen) atoms. The summed E-state index contributed by atoms with van der Waals surface area (Å²) < 4.78 is 5.11. The van der Waals surface area contributed by atoms with E-state index < -0.39 is 24.5 Å². The van der Waals surface area contributed by atoms with Crippen molar-refractivity contribution in [1.82, 2.24) is 16.0 Å². The Labute approximate surface area is 210 Å². The molecule has 0 aliphatic heterocycles. The van der Waals surface area contributed by atoms with Gasteiger partial charge in [0.05, 0.1) is 11.3 Å². The van der Waals surface area contributed by atoms with E-state index in [0.717, 1.165) is 37.0 Å². The highest BCUT2D eigenvalue weighted by molar-refractivity contribution is 8.00.